The van der Waals surface area contributed by atoms with Gasteiger partial charge in [0.15, 0.2) is 0 Å². The molecule has 0 amide bonds. The van der Waals surface area contributed by atoms with E-state index < -0.39 is 10.1 Å². The van der Waals surface area contributed by atoms with Crippen LogP contribution in [-0.4, -0.2) is 38.9 Å². The van der Waals surface area contributed by atoms with E-state index >= 15 is 0 Å². The molecule has 1 atom stereocenters. The fourth-order valence-electron chi connectivity index (χ4n) is 1.63. The summed E-state index contributed by atoms with van der Waals surface area (Å²) < 4.78 is 27.9. The molecule has 0 spiro atoms. The Labute approximate surface area is 86.4 Å². The third kappa shape index (κ3) is 3.55. The van der Waals surface area contributed by atoms with Gasteiger partial charge in [0, 0.05) is 6.54 Å². The quantitative estimate of drug-likeness (QED) is 0.669. The first-order valence-electron chi connectivity index (χ1n) is 5.16. The molecule has 1 rings (SSSR count). The summed E-state index contributed by atoms with van der Waals surface area (Å²) in [5.41, 5.74) is 0. The summed E-state index contributed by atoms with van der Waals surface area (Å²) in [4.78, 5) is 1.97. The van der Waals surface area contributed by atoms with Gasteiger partial charge < -0.3 is 0 Å². The van der Waals surface area contributed by atoms with Gasteiger partial charge in [0.25, 0.3) is 10.1 Å². The highest BCUT2D eigenvalue weighted by Crippen LogP contribution is 2.18. The van der Waals surface area contributed by atoms with Crippen LogP contribution >= 0.6 is 0 Å². The Morgan fingerprint density at radius 3 is 2.71 bits per heavy atom. The molecule has 1 aliphatic rings. The predicted molar refractivity (Wildman–Crippen MR) is 55.4 cm³/mol. The summed E-state index contributed by atoms with van der Waals surface area (Å²) in [6, 6.07) is 0. The lowest BCUT2D eigenvalue weighted by Gasteiger charge is -2.31. The van der Waals surface area contributed by atoms with E-state index in [1.165, 1.54) is 0 Å². The second kappa shape index (κ2) is 5.09. The molecular formula is C9H19NO3S. The van der Waals surface area contributed by atoms with E-state index in [4.69, 9.17) is 4.18 Å². The first-order valence-corrected chi connectivity index (χ1v) is 6.74. The molecule has 0 aromatic rings. The average molecular weight is 221 g/mol. The van der Waals surface area contributed by atoms with Gasteiger partial charge in [-0.3, -0.25) is 9.08 Å². The zero-order valence-electron chi connectivity index (χ0n) is 8.90. The Morgan fingerprint density at radius 2 is 2.14 bits per heavy atom. The molecule has 84 valence electrons. The topological polar surface area (TPSA) is 46.6 Å². The van der Waals surface area contributed by atoms with Crippen LogP contribution in [0, 0.1) is 0 Å². The monoisotopic (exact) mass is 221 g/mol. The molecular weight excluding hydrogens is 202 g/mol. The first-order chi connectivity index (χ1) is 6.55. The van der Waals surface area contributed by atoms with E-state index in [9.17, 15) is 8.42 Å². The van der Waals surface area contributed by atoms with Gasteiger partial charge in [0.05, 0.1) is 5.75 Å². The van der Waals surface area contributed by atoms with Crippen molar-refractivity contribution in [3.63, 3.8) is 0 Å². The summed E-state index contributed by atoms with van der Waals surface area (Å²) >= 11 is 0. The summed E-state index contributed by atoms with van der Waals surface area (Å²) in [6.07, 6.45) is 3.37. The Bertz CT molecular complexity index is 263. The average Bonchev–Trinajstić information content (AvgIpc) is 2.08. The minimum absolute atomic E-state index is 0.122. The maximum Gasteiger partial charge on any atom is 0.268 e. The second-order valence-electron chi connectivity index (χ2n) is 3.79. The van der Waals surface area contributed by atoms with E-state index in [2.05, 4.69) is 0 Å². The summed E-state index contributed by atoms with van der Waals surface area (Å²) in [6.45, 7) is 2.76. The number of likely N-dealkylation sites (tertiary alicyclic amines) is 1. The molecule has 0 bridgehead atoms. The molecule has 1 aliphatic heterocycles. The molecule has 0 aliphatic carbocycles. The highest BCUT2D eigenvalue weighted by molar-refractivity contribution is 7.86. The van der Waals surface area contributed by atoms with Crippen molar-refractivity contribution in [1.29, 1.82) is 0 Å². The van der Waals surface area contributed by atoms with Crippen molar-refractivity contribution in [2.75, 3.05) is 19.3 Å². The fraction of sp³-hybridized carbons (Fsp3) is 1.00. The van der Waals surface area contributed by atoms with Gasteiger partial charge in [-0.25, -0.2) is 0 Å². The van der Waals surface area contributed by atoms with Crippen LogP contribution < -0.4 is 0 Å². The zero-order chi connectivity index (χ0) is 10.6. The van der Waals surface area contributed by atoms with E-state index in [-0.39, 0.29) is 12.0 Å². The summed E-state index contributed by atoms with van der Waals surface area (Å²) in [5, 5.41) is 0. The zero-order valence-corrected chi connectivity index (χ0v) is 9.72. The Kier molecular flexibility index (Phi) is 4.34. The molecule has 0 radical (unpaired) electrons. The van der Waals surface area contributed by atoms with Gasteiger partial charge >= 0.3 is 0 Å². The van der Waals surface area contributed by atoms with Crippen molar-refractivity contribution in [1.82, 2.24) is 4.90 Å². The lowest BCUT2D eigenvalue weighted by Crippen LogP contribution is -2.39. The fourth-order valence-corrected chi connectivity index (χ4v) is 2.81. The highest BCUT2D eigenvalue weighted by Gasteiger charge is 2.24. The van der Waals surface area contributed by atoms with Crippen molar-refractivity contribution in [2.45, 2.75) is 38.8 Å². The van der Waals surface area contributed by atoms with Crippen LogP contribution in [0.15, 0.2) is 0 Å². The van der Waals surface area contributed by atoms with Crippen molar-refractivity contribution in [3.8, 4) is 0 Å². The van der Waals surface area contributed by atoms with Gasteiger partial charge in [-0.05, 0) is 32.7 Å². The van der Waals surface area contributed by atoms with Crippen LogP contribution in [-0.2, 0) is 14.3 Å². The third-order valence-corrected chi connectivity index (χ3v) is 3.84. The van der Waals surface area contributed by atoms with Crippen molar-refractivity contribution in [2.24, 2.45) is 0 Å². The Hall–Kier alpha value is -0.130. The van der Waals surface area contributed by atoms with Crippen LogP contribution in [0.3, 0.4) is 0 Å². The lowest BCUT2D eigenvalue weighted by atomic mass is 10.1. The minimum Gasteiger partial charge on any atom is -0.280 e. The molecule has 0 N–H and O–H groups in total. The molecule has 14 heavy (non-hydrogen) atoms. The van der Waals surface area contributed by atoms with E-state index in [1.54, 1.807) is 0 Å². The SMILES string of the molecule is CCCS(=O)(=O)OC1CCCCN1C. The number of rotatable bonds is 4. The molecule has 0 aromatic heterocycles. The van der Waals surface area contributed by atoms with Crippen molar-refractivity contribution >= 4 is 10.1 Å². The Balaban J connectivity index is 2.49. The summed E-state index contributed by atoms with van der Waals surface area (Å²) in [5.74, 6) is 0.122. The highest BCUT2D eigenvalue weighted by atomic mass is 32.2. The van der Waals surface area contributed by atoms with Gasteiger partial charge in [0.2, 0.25) is 0 Å². The number of piperidine rings is 1. The van der Waals surface area contributed by atoms with E-state index in [0.29, 0.717) is 6.42 Å². The lowest BCUT2D eigenvalue weighted by molar-refractivity contribution is 0.0203. The maximum absolute atomic E-state index is 11.4. The normalized spacial score (nSPS) is 25.1. The molecule has 1 saturated heterocycles. The smallest absolute Gasteiger partial charge is 0.268 e. The van der Waals surface area contributed by atoms with E-state index in [0.717, 1.165) is 25.8 Å². The standard InChI is InChI=1S/C9H19NO3S/c1-3-8-14(11,12)13-9-6-4-5-7-10(9)2/h9H,3-8H2,1-2H3. The van der Waals surface area contributed by atoms with Gasteiger partial charge in [-0.15, -0.1) is 0 Å². The molecule has 4 nitrogen and oxygen atoms in total. The van der Waals surface area contributed by atoms with Crippen molar-refractivity contribution < 1.29 is 12.6 Å². The third-order valence-electron chi connectivity index (χ3n) is 2.42. The summed E-state index contributed by atoms with van der Waals surface area (Å²) in [7, 11) is -1.40. The Morgan fingerprint density at radius 1 is 1.43 bits per heavy atom. The number of hydrogen-bond donors (Lipinski definition) is 0. The molecule has 1 heterocycles. The number of hydrogen-bond acceptors (Lipinski definition) is 4. The van der Waals surface area contributed by atoms with E-state index in [1.807, 2.05) is 18.9 Å². The molecule has 0 saturated carbocycles. The van der Waals surface area contributed by atoms with Crippen LogP contribution in [0.5, 0.6) is 0 Å². The van der Waals surface area contributed by atoms with Crippen LogP contribution in [0.25, 0.3) is 0 Å². The van der Waals surface area contributed by atoms with Gasteiger partial charge in [-0.2, -0.15) is 8.42 Å². The van der Waals surface area contributed by atoms with Gasteiger partial charge in [-0.1, -0.05) is 6.92 Å². The molecule has 5 heteroatoms. The molecule has 1 fully saturated rings. The van der Waals surface area contributed by atoms with Gasteiger partial charge in [0.1, 0.15) is 6.23 Å². The minimum atomic E-state index is -3.31. The molecule has 0 aromatic carbocycles. The van der Waals surface area contributed by atoms with Crippen molar-refractivity contribution in [3.05, 3.63) is 0 Å². The molecule has 1 unspecified atom stereocenters. The largest absolute Gasteiger partial charge is 0.280 e. The van der Waals surface area contributed by atoms with Crippen LogP contribution in [0.4, 0.5) is 0 Å². The second-order valence-corrected chi connectivity index (χ2v) is 5.51. The number of nitrogens with zero attached hydrogens (tertiary/aromatic N) is 1. The van der Waals surface area contributed by atoms with Crippen LogP contribution in [0.1, 0.15) is 32.6 Å². The van der Waals surface area contributed by atoms with Crippen LogP contribution in [0.2, 0.25) is 0 Å². The maximum atomic E-state index is 11.4. The predicted octanol–water partition coefficient (Wildman–Crippen LogP) is 1.18. The first kappa shape index (κ1) is 11.9.